The van der Waals surface area contributed by atoms with Crippen molar-refractivity contribution in [2.75, 3.05) is 13.1 Å². The minimum atomic E-state index is -0.718. The number of aromatic nitrogens is 1. The molecular formula is C14H20N2O2. The fraction of sp³-hybridized carbons (Fsp3) is 0.571. The summed E-state index contributed by atoms with van der Waals surface area (Å²) < 4.78 is 0. The van der Waals surface area contributed by atoms with Gasteiger partial charge in [-0.05, 0) is 43.9 Å². The monoisotopic (exact) mass is 248 g/mol. The molecule has 0 aliphatic carbocycles. The van der Waals surface area contributed by atoms with Crippen LogP contribution in [0.3, 0.4) is 0 Å². The first kappa shape index (κ1) is 13.0. The Morgan fingerprint density at radius 1 is 1.50 bits per heavy atom. The van der Waals surface area contributed by atoms with Gasteiger partial charge < -0.3 is 10.0 Å². The number of amides is 1. The number of nitrogens with zero attached hydrogens (tertiary/aromatic N) is 2. The van der Waals surface area contributed by atoms with E-state index in [4.69, 9.17) is 0 Å². The number of hydrogen-bond donors (Lipinski definition) is 1. The Balaban J connectivity index is 1.85. The molecule has 1 N–H and O–H groups in total. The average Bonchev–Trinajstić information content (AvgIpc) is 2.36. The van der Waals surface area contributed by atoms with E-state index in [0.717, 1.165) is 31.4 Å². The summed E-state index contributed by atoms with van der Waals surface area (Å²) in [6.45, 7) is 3.03. The summed E-state index contributed by atoms with van der Waals surface area (Å²) in [5, 5.41) is 9.98. The van der Waals surface area contributed by atoms with Crippen LogP contribution in [0.15, 0.2) is 24.5 Å². The Morgan fingerprint density at radius 3 is 2.89 bits per heavy atom. The van der Waals surface area contributed by atoms with E-state index < -0.39 is 5.60 Å². The number of pyridine rings is 1. The highest BCUT2D eigenvalue weighted by molar-refractivity contribution is 5.76. The number of likely N-dealkylation sites (tertiary alicyclic amines) is 1. The van der Waals surface area contributed by atoms with Gasteiger partial charge in [-0.15, -0.1) is 0 Å². The van der Waals surface area contributed by atoms with Crippen LogP contribution in [0.5, 0.6) is 0 Å². The third-order valence-electron chi connectivity index (χ3n) is 3.40. The van der Waals surface area contributed by atoms with Gasteiger partial charge in [-0.3, -0.25) is 9.78 Å². The van der Waals surface area contributed by atoms with E-state index >= 15 is 0 Å². The Morgan fingerprint density at radius 2 is 2.22 bits per heavy atom. The second-order valence-electron chi connectivity index (χ2n) is 5.27. The highest BCUT2D eigenvalue weighted by atomic mass is 16.3. The van der Waals surface area contributed by atoms with Gasteiger partial charge in [0.05, 0.1) is 5.60 Å². The van der Waals surface area contributed by atoms with E-state index in [0.29, 0.717) is 13.0 Å². The molecule has 1 aliphatic heterocycles. The molecular weight excluding hydrogens is 228 g/mol. The van der Waals surface area contributed by atoms with E-state index in [9.17, 15) is 9.90 Å². The standard InChI is InChI=1S/C14H20N2O2/c1-14(18)7-2-10-16(11-14)13(17)4-3-12-5-8-15-9-6-12/h5-6,8-9,18H,2-4,7,10-11H2,1H3. The quantitative estimate of drug-likeness (QED) is 0.879. The van der Waals surface area contributed by atoms with E-state index in [-0.39, 0.29) is 5.91 Å². The lowest BCUT2D eigenvalue weighted by molar-refractivity contribution is -0.137. The van der Waals surface area contributed by atoms with Gasteiger partial charge in [-0.25, -0.2) is 0 Å². The van der Waals surface area contributed by atoms with Crippen molar-refractivity contribution in [1.82, 2.24) is 9.88 Å². The van der Waals surface area contributed by atoms with Crippen LogP contribution >= 0.6 is 0 Å². The molecule has 1 atom stereocenters. The molecule has 0 radical (unpaired) electrons. The second kappa shape index (κ2) is 5.48. The van der Waals surface area contributed by atoms with E-state index in [1.54, 1.807) is 24.2 Å². The molecule has 1 aromatic rings. The van der Waals surface area contributed by atoms with Gasteiger partial charge in [0, 0.05) is 31.9 Å². The number of β-amino-alcohol motifs (C(OH)–C–C–N with tert-alkyl or cyclic N) is 1. The third-order valence-corrected chi connectivity index (χ3v) is 3.40. The summed E-state index contributed by atoms with van der Waals surface area (Å²) >= 11 is 0. The number of aryl methyl sites for hydroxylation is 1. The zero-order chi connectivity index (χ0) is 13.0. The molecule has 2 rings (SSSR count). The van der Waals surface area contributed by atoms with Crippen LogP contribution in [0.2, 0.25) is 0 Å². The molecule has 1 aromatic heterocycles. The third kappa shape index (κ3) is 3.53. The fourth-order valence-corrected chi connectivity index (χ4v) is 2.39. The van der Waals surface area contributed by atoms with Gasteiger partial charge in [0.25, 0.3) is 0 Å². The van der Waals surface area contributed by atoms with Crippen molar-refractivity contribution in [2.24, 2.45) is 0 Å². The SMILES string of the molecule is CC1(O)CCCN(C(=O)CCc2ccncc2)C1. The van der Waals surface area contributed by atoms with Crippen molar-refractivity contribution in [3.63, 3.8) is 0 Å². The van der Waals surface area contributed by atoms with Crippen LogP contribution in [0.25, 0.3) is 0 Å². The van der Waals surface area contributed by atoms with E-state index in [2.05, 4.69) is 4.98 Å². The van der Waals surface area contributed by atoms with Crippen molar-refractivity contribution >= 4 is 5.91 Å². The number of aliphatic hydroxyl groups is 1. The van der Waals surface area contributed by atoms with Gasteiger partial charge in [-0.1, -0.05) is 0 Å². The van der Waals surface area contributed by atoms with Crippen molar-refractivity contribution in [3.8, 4) is 0 Å². The zero-order valence-corrected chi connectivity index (χ0v) is 10.8. The normalized spacial score (nSPS) is 24.0. The predicted octanol–water partition coefficient (Wildman–Crippen LogP) is 1.39. The summed E-state index contributed by atoms with van der Waals surface area (Å²) in [6.07, 6.45) is 6.38. The predicted molar refractivity (Wildman–Crippen MR) is 69.0 cm³/mol. The summed E-state index contributed by atoms with van der Waals surface area (Å²) in [4.78, 5) is 17.8. The first-order valence-electron chi connectivity index (χ1n) is 6.46. The topological polar surface area (TPSA) is 53.4 Å². The Bertz CT molecular complexity index is 404. The van der Waals surface area contributed by atoms with Gasteiger partial charge in [0.1, 0.15) is 0 Å². The van der Waals surface area contributed by atoms with E-state index in [1.165, 1.54) is 0 Å². The number of carbonyl (C=O) groups excluding carboxylic acids is 1. The lowest BCUT2D eigenvalue weighted by Gasteiger charge is -2.36. The molecule has 0 spiro atoms. The Kier molecular flexibility index (Phi) is 3.97. The smallest absolute Gasteiger partial charge is 0.222 e. The van der Waals surface area contributed by atoms with Crippen molar-refractivity contribution in [2.45, 2.75) is 38.2 Å². The molecule has 1 saturated heterocycles. The summed E-state index contributed by atoms with van der Waals surface area (Å²) in [7, 11) is 0. The van der Waals surface area contributed by atoms with Crippen molar-refractivity contribution < 1.29 is 9.90 Å². The number of hydrogen-bond acceptors (Lipinski definition) is 3. The summed E-state index contributed by atoms with van der Waals surface area (Å²) in [6, 6.07) is 3.86. The van der Waals surface area contributed by atoms with Gasteiger partial charge in [0.15, 0.2) is 0 Å². The highest BCUT2D eigenvalue weighted by Crippen LogP contribution is 2.21. The maximum atomic E-state index is 12.1. The number of piperidine rings is 1. The minimum absolute atomic E-state index is 0.131. The molecule has 1 unspecified atom stereocenters. The van der Waals surface area contributed by atoms with Gasteiger partial charge >= 0.3 is 0 Å². The van der Waals surface area contributed by atoms with Crippen LogP contribution < -0.4 is 0 Å². The molecule has 4 heteroatoms. The van der Waals surface area contributed by atoms with Crippen LogP contribution in [0.4, 0.5) is 0 Å². The largest absolute Gasteiger partial charge is 0.388 e. The first-order chi connectivity index (χ1) is 8.57. The Hall–Kier alpha value is -1.42. The lowest BCUT2D eigenvalue weighted by Crippen LogP contribution is -2.48. The molecule has 1 amide bonds. The van der Waals surface area contributed by atoms with Gasteiger partial charge in [-0.2, -0.15) is 0 Å². The van der Waals surface area contributed by atoms with Crippen LogP contribution in [0, 0.1) is 0 Å². The summed E-state index contributed by atoms with van der Waals surface area (Å²) in [5.41, 5.74) is 0.409. The molecule has 0 saturated carbocycles. The maximum Gasteiger partial charge on any atom is 0.222 e. The van der Waals surface area contributed by atoms with Crippen molar-refractivity contribution in [3.05, 3.63) is 30.1 Å². The van der Waals surface area contributed by atoms with Crippen LogP contribution in [0.1, 0.15) is 31.7 Å². The molecule has 18 heavy (non-hydrogen) atoms. The van der Waals surface area contributed by atoms with E-state index in [1.807, 2.05) is 12.1 Å². The summed E-state index contributed by atoms with van der Waals surface area (Å²) in [5.74, 6) is 0.131. The number of rotatable bonds is 3. The van der Waals surface area contributed by atoms with Crippen LogP contribution in [-0.4, -0.2) is 39.6 Å². The zero-order valence-electron chi connectivity index (χ0n) is 10.8. The number of carbonyl (C=O) groups is 1. The molecule has 1 aliphatic rings. The van der Waals surface area contributed by atoms with Gasteiger partial charge in [0.2, 0.25) is 5.91 Å². The lowest BCUT2D eigenvalue weighted by atomic mass is 9.95. The van der Waals surface area contributed by atoms with Crippen LogP contribution in [-0.2, 0) is 11.2 Å². The molecule has 0 aromatic carbocycles. The van der Waals surface area contributed by atoms with Crippen molar-refractivity contribution in [1.29, 1.82) is 0 Å². The molecule has 2 heterocycles. The first-order valence-corrected chi connectivity index (χ1v) is 6.46. The molecule has 98 valence electrons. The Labute approximate surface area is 108 Å². The highest BCUT2D eigenvalue weighted by Gasteiger charge is 2.30. The molecule has 0 bridgehead atoms. The second-order valence-corrected chi connectivity index (χ2v) is 5.27. The molecule has 1 fully saturated rings. The fourth-order valence-electron chi connectivity index (χ4n) is 2.39. The average molecular weight is 248 g/mol. The molecule has 4 nitrogen and oxygen atoms in total. The minimum Gasteiger partial charge on any atom is -0.388 e. The maximum absolute atomic E-state index is 12.1.